The Balaban J connectivity index is 5.29. The van der Waals surface area contributed by atoms with Crippen LogP contribution in [0.15, 0.2) is 11.6 Å². The first-order valence-electron chi connectivity index (χ1n) is 10.6. The molecule has 173 valence electrons. The molecular formula is C22H39N2O6. The number of hydrogen-bond acceptors (Lipinski definition) is 5. The molecule has 0 aliphatic carbocycles. The highest BCUT2D eigenvalue weighted by Crippen LogP contribution is 2.42. The van der Waals surface area contributed by atoms with Crippen molar-refractivity contribution >= 4 is 18.2 Å². The van der Waals surface area contributed by atoms with Gasteiger partial charge in [0.1, 0.15) is 12.2 Å². The van der Waals surface area contributed by atoms with Gasteiger partial charge in [-0.05, 0) is 50.9 Å². The van der Waals surface area contributed by atoms with E-state index < -0.39 is 30.4 Å². The highest BCUT2D eigenvalue weighted by molar-refractivity contribution is 5.85. The number of ether oxygens (including phenoxy) is 2. The van der Waals surface area contributed by atoms with Crippen LogP contribution in [0.1, 0.15) is 79.1 Å². The summed E-state index contributed by atoms with van der Waals surface area (Å²) in [5.41, 5.74) is 10.4. The average Bonchev–Trinajstić information content (AvgIpc) is 2.66. The largest absolute Gasteiger partial charge is 0.478 e. The molecular weight excluding hydrogens is 388 g/mol. The maximum atomic E-state index is 11.4. The SMILES string of the molecule is [CH2]C(CCC(CC)CC(CC)(CC)CC(CC=C(C)C(=O)O)OC(N)=O)OC(N)=O. The lowest BCUT2D eigenvalue weighted by Crippen LogP contribution is -2.32. The topological polar surface area (TPSA) is 142 Å². The Hall–Kier alpha value is -2.25. The molecule has 3 atom stereocenters. The lowest BCUT2D eigenvalue weighted by Gasteiger charge is -2.38. The number of carboxylic acids is 1. The summed E-state index contributed by atoms with van der Waals surface area (Å²) in [7, 11) is 0. The summed E-state index contributed by atoms with van der Waals surface area (Å²) in [6.07, 6.45) is 4.86. The molecule has 0 aliphatic heterocycles. The number of nitrogens with two attached hydrogens (primary N) is 2. The van der Waals surface area contributed by atoms with E-state index in [4.69, 9.17) is 26.0 Å². The lowest BCUT2D eigenvalue weighted by atomic mass is 9.69. The smallest absolute Gasteiger partial charge is 0.404 e. The average molecular weight is 428 g/mol. The molecule has 0 aromatic rings. The number of amides is 2. The van der Waals surface area contributed by atoms with E-state index in [2.05, 4.69) is 27.7 Å². The molecule has 0 aromatic carbocycles. The first-order chi connectivity index (χ1) is 14.0. The third kappa shape index (κ3) is 11.1. The van der Waals surface area contributed by atoms with Crippen molar-refractivity contribution in [3.63, 3.8) is 0 Å². The van der Waals surface area contributed by atoms with Crippen LogP contribution in [0.3, 0.4) is 0 Å². The number of carbonyl (C=O) groups excluding carboxylic acids is 2. The van der Waals surface area contributed by atoms with Crippen LogP contribution in [0.2, 0.25) is 0 Å². The van der Waals surface area contributed by atoms with Crippen molar-refractivity contribution in [1.29, 1.82) is 0 Å². The van der Waals surface area contributed by atoms with Crippen molar-refractivity contribution in [2.24, 2.45) is 22.8 Å². The molecule has 0 fully saturated rings. The van der Waals surface area contributed by atoms with Crippen LogP contribution >= 0.6 is 0 Å². The van der Waals surface area contributed by atoms with Gasteiger partial charge in [-0.2, -0.15) is 0 Å². The molecule has 0 aromatic heterocycles. The van der Waals surface area contributed by atoms with E-state index in [9.17, 15) is 14.4 Å². The van der Waals surface area contributed by atoms with Gasteiger partial charge in [-0.15, -0.1) is 0 Å². The van der Waals surface area contributed by atoms with Crippen LogP contribution in [0.5, 0.6) is 0 Å². The van der Waals surface area contributed by atoms with Crippen LogP contribution in [0.25, 0.3) is 0 Å². The van der Waals surface area contributed by atoms with Crippen LogP contribution in [0.4, 0.5) is 9.59 Å². The molecule has 8 nitrogen and oxygen atoms in total. The van der Waals surface area contributed by atoms with Crippen molar-refractivity contribution in [2.45, 2.75) is 91.3 Å². The molecule has 0 bridgehead atoms. The first-order valence-corrected chi connectivity index (χ1v) is 10.6. The fourth-order valence-electron chi connectivity index (χ4n) is 3.83. The number of primary amides is 2. The normalized spacial score (nSPS) is 15.2. The predicted molar refractivity (Wildman–Crippen MR) is 116 cm³/mol. The Bertz CT molecular complexity index is 586. The van der Waals surface area contributed by atoms with Gasteiger partial charge in [0.05, 0.1) is 0 Å². The van der Waals surface area contributed by atoms with Crippen molar-refractivity contribution in [1.82, 2.24) is 0 Å². The van der Waals surface area contributed by atoms with Gasteiger partial charge >= 0.3 is 18.2 Å². The van der Waals surface area contributed by atoms with E-state index in [-0.39, 0.29) is 11.0 Å². The summed E-state index contributed by atoms with van der Waals surface area (Å²) in [6.45, 7) is 11.6. The number of carboxylic acid groups (broad SMARTS) is 1. The summed E-state index contributed by atoms with van der Waals surface area (Å²) < 4.78 is 10.2. The maximum absolute atomic E-state index is 11.4. The van der Waals surface area contributed by atoms with Crippen molar-refractivity contribution in [2.75, 3.05) is 0 Å². The fourth-order valence-corrected chi connectivity index (χ4v) is 3.83. The summed E-state index contributed by atoms with van der Waals surface area (Å²) in [6, 6.07) is 0. The minimum atomic E-state index is -1.00. The van der Waals surface area contributed by atoms with Gasteiger partial charge < -0.3 is 26.0 Å². The third-order valence-electron chi connectivity index (χ3n) is 5.95. The van der Waals surface area contributed by atoms with E-state index in [0.717, 1.165) is 32.1 Å². The van der Waals surface area contributed by atoms with E-state index in [1.807, 2.05) is 0 Å². The molecule has 0 saturated carbocycles. The van der Waals surface area contributed by atoms with Gasteiger partial charge in [0, 0.05) is 12.0 Å². The first kappa shape index (κ1) is 27.8. The van der Waals surface area contributed by atoms with Crippen LogP contribution in [-0.2, 0) is 14.3 Å². The van der Waals surface area contributed by atoms with Crippen LogP contribution in [0, 0.1) is 18.3 Å². The highest BCUT2D eigenvalue weighted by Gasteiger charge is 2.33. The zero-order valence-electron chi connectivity index (χ0n) is 18.8. The number of carbonyl (C=O) groups is 3. The Kier molecular flexibility index (Phi) is 12.8. The second kappa shape index (κ2) is 13.9. The second-order valence-electron chi connectivity index (χ2n) is 8.01. The highest BCUT2D eigenvalue weighted by atomic mass is 16.6. The summed E-state index contributed by atoms with van der Waals surface area (Å²) in [4.78, 5) is 33.3. The Morgan fingerprint density at radius 2 is 1.60 bits per heavy atom. The van der Waals surface area contributed by atoms with Crippen LogP contribution in [-0.4, -0.2) is 35.5 Å². The molecule has 30 heavy (non-hydrogen) atoms. The molecule has 0 heterocycles. The van der Waals surface area contributed by atoms with Gasteiger partial charge in [0.25, 0.3) is 0 Å². The molecule has 1 radical (unpaired) electrons. The molecule has 5 N–H and O–H groups in total. The molecule has 0 spiro atoms. The Morgan fingerprint density at radius 1 is 1.03 bits per heavy atom. The standard InChI is InChI=1S/C22H39N2O6/c1-6-17(11-10-16(5)29-20(23)27)13-22(7-2,8-3)14-18(30-21(24)28)12-9-15(4)19(25)26/h9,16-18H,5-8,10-14H2,1-4H3,(H2,23,27)(H2,24,28)(H,25,26). The Labute approximate surface area is 180 Å². The minimum Gasteiger partial charge on any atom is -0.478 e. The van der Waals surface area contributed by atoms with E-state index in [1.165, 1.54) is 6.92 Å². The van der Waals surface area contributed by atoms with Crippen LogP contribution < -0.4 is 11.5 Å². The zero-order valence-corrected chi connectivity index (χ0v) is 18.8. The van der Waals surface area contributed by atoms with Gasteiger partial charge in [0.2, 0.25) is 0 Å². The summed E-state index contributed by atoms with van der Waals surface area (Å²) in [5.74, 6) is -0.631. The van der Waals surface area contributed by atoms with Crippen molar-refractivity contribution in [3.05, 3.63) is 18.6 Å². The number of rotatable bonds is 15. The monoisotopic (exact) mass is 427 g/mol. The lowest BCUT2D eigenvalue weighted by molar-refractivity contribution is -0.132. The van der Waals surface area contributed by atoms with E-state index in [1.54, 1.807) is 6.08 Å². The summed E-state index contributed by atoms with van der Waals surface area (Å²) in [5, 5.41) is 9.07. The van der Waals surface area contributed by atoms with Gasteiger partial charge in [-0.3, -0.25) is 0 Å². The van der Waals surface area contributed by atoms with Gasteiger partial charge in [-0.1, -0.05) is 46.1 Å². The molecule has 2 amide bonds. The predicted octanol–water partition coefficient (Wildman–Crippen LogP) is 4.56. The van der Waals surface area contributed by atoms with Crippen molar-refractivity contribution < 1.29 is 29.0 Å². The molecule has 0 aliphatic rings. The molecule has 3 unspecified atom stereocenters. The summed E-state index contributed by atoms with van der Waals surface area (Å²) >= 11 is 0. The molecule has 0 rings (SSSR count). The molecule has 0 saturated heterocycles. The maximum Gasteiger partial charge on any atom is 0.404 e. The Morgan fingerprint density at radius 3 is 2.03 bits per heavy atom. The minimum absolute atomic E-state index is 0.0903. The van der Waals surface area contributed by atoms with E-state index in [0.29, 0.717) is 25.2 Å². The van der Waals surface area contributed by atoms with Gasteiger partial charge in [-0.25, -0.2) is 14.4 Å². The van der Waals surface area contributed by atoms with Crippen molar-refractivity contribution in [3.8, 4) is 0 Å². The second-order valence-corrected chi connectivity index (χ2v) is 8.01. The fraction of sp³-hybridized carbons (Fsp3) is 0.727. The molecule has 8 heteroatoms. The third-order valence-corrected chi connectivity index (χ3v) is 5.95. The van der Waals surface area contributed by atoms with E-state index >= 15 is 0 Å². The zero-order chi connectivity index (χ0) is 23.3. The quantitative estimate of drug-likeness (QED) is 0.327. The number of hydrogen-bond donors (Lipinski definition) is 3. The number of aliphatic carboxylic acids is 1. The van der Waals surface area contributed by atoms with Gasteiger partial charge in [0.15, 0.2) is 0 Å².